The highest BCUT2D eigenvalue weighted by Crippen LogP contribution is 2.39. The van der Waals surface area contributed by atoms with Crippen molar-refractivity contribution in [1.29, 1.82) is 0 Å². The van der Waals surface area contributed by atoms with Gasteiger partial charge in [0, 0.05) is 31.0 Å². The molecule has 2 N–H and O–H groups in total. The molecule has 1 aromatic carbocycles. The lowest BCUT2D eigenvalue weighted by Crippen LogP contribution is -2.36. The number of fused-ring (bicyclic) bond motifs is 1. The summed E-state index contributed by atoms with van der Waals surface area (Å²) in [6.07, 6.45) is 5.04. The van der Waals surface area contributed by atoms with Gasteiger partial charge in [0.1, 0.15) is 22.1 Å². The van der Waals surface area contributed by atoms with Crippen molar-refractivity contribution in [3.63, 3.8) is 0 Å². The smallest absolute Gasteiger partial charge is 0.229 e. The molecule has 5 aromatic rings. The molecule has 1 saturated heterocycles. The number of rotatable bonds is 6. The topological polar surface area (TPSA) is 105 Å². The van der Waals surface area contributed by atoms with Crippen LogP contribution in [0.15, 0.2) is 64.3 Å². The molecule has 4 aromatic heterocycles. The van der Waals surface area contributed by atoms with Gasteiger partial charge in [0.2, 0.25) is 11.4 Å². The summed E-state index contributed by atoms with van der Waals surface area (Å²) in [7, 11) is 0. The number of aryl methyl sites for hydroxylation is 1. The Hall–Kier alpha value is -3.80. The molecule has 0 unspecified atom stereocenters. The average Bonchev–Trinajstić information content (AvgIpc) is 3.52. The van der Waals surface area contributed by atoms with Crippen LogP contribution in [-0.2, 0) is 4.74 Å². The first-order chi connectivity index (χ1) is 17.6. The van der Waals surface area contributed by atoms with Crippen LogP contribution in [0.2, 0.25) is 0 Å². The van der Waals surface area contributed by atoms with Gasteiger partial charge in [-0.25, -0.2) is 9.97 Å². The summed E-state index contributed by atoms with van der Waals surface area (Å²) in [5, 5.41) is 8.98. The predicted molar refractivity (Wildman–Crippen MR) is 144 cm³/mol. The maximum Gasteiger partial charge on any atom is 0.229 e. The molecule has 6 rings (SSSR count). The highest BCUT2D eigenvalue weighted by molar-refractivity contribution is 7.23. The molecule has 9 nitrogen and oxygen atoms in total. The molecule has 0 atom stereocenters. The third-order valence-corrected chi connectivity index (χ3v) is 7.81. The molecule has 5 heterocycles. The molecule has 11 heteroatoms. The lowest BCUT2D eigenvalue weighted by atomic mass is 10.2. The quantitative estimate of drug-likeness (QED) is 0.306. The first-order valence-electron chi connectivity index (χ1n) is 11.4. The van der Waals surface area contributed by atoms with Gasteiger partial charge in [-0.1, -0.05) is 23.5 Å². The fraction of sp³-hybridized carbons (Fsp3) is 0.200. The van der Waals surface area contributed by atoms with E-state index in [9.17, 15) is 4.79 Å². The molecule has 0 bridgehead atoms. The number of hydrogen-bond acceptors (Lipinski definition) is 11. The standard InChI is InChI=1S/C25H22N6O3S2/c1-15-3-2-4-16(11-15)28-19-5-6-26-25(29-19)30-20-13-27-24(35-20)17-14-34-22-18(32)12-21(36-23(17)22)31-7-9-33-10-8-31/h2-6,11-14H,7-10H2,1H3,(H2,26,28,29,30). The van der Waals surface area contributed by atoms with Gasteiger partial charge >= 0.3 is 0 Å². The van der Waals surface area contributed by atoms with E-state index in [1.807, 2.05) is 31.2 Å². The number of thiazole rings is 1. The SMILES string of the molecule is Cc1cccc(Nc2ccnc(Nc3cnc(-c4coc5c(=O)cc(N6CCOCC6)sc45)s3)n2)c1. The molecule has 1 fully saturated rings. The molecular weight excluding hydrogens is 496 g/mol. The van der Waals surface area contributed by atoms with E-state index in [2.05, 4.69) is 36.6 Å². The fourth-order valence-corrected chi connectivity index (χ4v) is 6.01. The van der Waals surface area contributed by atoms with Crippen LogP contribution >= 0.6 is 22.7 Å². The summed E-state index contributed by atoms with van der Waals surface area (Å²) in [6.45, 7) is 4.88. The van der Waals surface area contributed by atoms with Crippen molar-refractivity contribution < 1.29 is 9.15 Å². The zero-order chi connectivity index (χ0) is 24.5. The van der Waals surface area contributed by atoms with Crippen molar-refractivity contribution in [3.8, 4) is 10.6 Å². The van der Waals surface area contributed by atoms with Crippen LogP contribution in [0.5, 0.6) is 0 Å². The third-order valence-electron chi connectivity index (χ3n) is 5.67. The molecule has 0 radical (unpaired) electrons. The van der Waals surface area contributed by atoms with E-state index in [4.69, 9.17) is 9.15 Å². The summed E-state index contributed by atoms with van der Waals surface area (Å²) < 4.78 is 11.9. The van der Waals surface area contributed by atoms with Crippen LogP contribution in [0.25, 0.3) is 20.9 Å². The number of benzene rings is 1. The number of nitrogens with zero attached hydrogens (tertiary/aromatic N) is 4. The molecule has 182 valence electrons. The van der Waals surface area contributed by atoms with Crippen LogP contribution < -0.4 is 21.0 Å². The Kier molecular flexibility index (Phi) is 6.09. The Labute approximate surface area is 214 Å². The second-order valence-corrected chi connectivity index (χ2v) is 10.3. The van der Waals surface area contributed by atoms with E-state index in [1.165, 1.54) is 16.9 Å². The molecule has 1 aliphatic rings. The predicted octanol–water partition coefficient (Wildman–Crippen LogP) is 5.40. The van der Waals surface area contributed by atoms with Crippen LogP contribution in [0, 0.1) is 6.92 Å². The van der Waals surface area contributed by atoms with Crippen molar-refractivity contribution in [1.82, 2.24) is 15.0 Å². The maximum atomic E-state index is 12.7. The number of anilines is 5. The number of aromatic nitrogens is 3. The molecule has 0 saturated carbocycles. The second kappa shape index (κ2) is 9.69. The zero-order valence-electron chi connectivity index (χ0n) is 19.4. The number of hydrogen-bond donors (Lipinski definition) is 2. The highest BCUT2D eigenvalue weighted by atomic mass is 32.1. The van der Waals surface area contributed by atoms with Gasteiger partial charge in [-0.3, -0.25) is 4.79 Å². The highest BCUT2D eigenvalue weighted by Gasteiger charge is 2.19. The summed E-state index contributed by atoms with van der Waals surface area (Å²) in [6, 6.07) is 11.6. The summed E-state index contributed by atoms with van der Waals surface area (Å²) in [5.41, 5.74) is 3.16. The number of ether oxygens (including phenoxy) is 1. The van der Waals surface area contributed by atoms with Crippen LogP contribution in [0.1, 0.15) is 5.56 Å². The normalized spacial score (nSPS) is 13.8. The van der Waals surface area contributed by atoms with Gasteiger partial charge in [-0.2, -0.15) is 4.98 Å². The van der Waals surface area contributed by atoms with Crippen LogP contribution in [-0.4, -0.2) is 41.3 Å². The lowest BCUT2D eigenvalue weighted by Gasteiger charge is -2.27. The Morgan fingerprint density at radius 2 is 1.94 bits per heavy atom. The molecule has 1 aliphatic heterocycles. The van der Waals surface area contributed by atoms with Gasteiger partial charge in [-0.15, -0.1) is 11.3 Å². The van der Waals surface area contributed by atoms with Gasteiger partial charge in [0.15, 0.2) is 5.58 Å². The van der Waals surface area contributed by atoms with Crippen molar-refractivity contribution in [2.45, 2.75) is 6.92 Å². The Bertz CT molecular complexity index is 1590. The Morgan fingerprint density at radius 3 is 2.81 bits per heavy atom. The first kappa shape index (κ1) is 22.7. The molecular formula is C25H22N6O3S2. The van der Waals surface area contributed by atoms with E-state index in [-0.39, 0.29) is 5.43 Å². The zero-order valence-corrected chi connectivity index (χ0v) is 21.0. The van der Waals surface area contributed by atoms with E-state index in [0.29, 0.717) is 30.6 Å². The van der Waals surface area contributed by atoms with Gasteiger partial charge in [0.25, 0.3) is 0 Å². The third kappa shape index (κ3) is 4.68. The number of morpholine rings is 1. The fourth-order valence-electron chi connectivity index (χ4n) is 3.94. The maximum absolute atomic E-state index is 12.7. The van der Waals surface area contributed by atoms with E-state index in [1.54, 1.807) is 36.1 Å². The number of nitrogens with one attached hydrogen (secondary N) is 2. The Balaban J connectivity index is 1.24. The van der Waals surface area contributed by atoms with E-state index in [0.717, 1.165) is 44.1 Å². The van der Waals surface area contributed by atoms with Crippen molar-refractivity contribution in [2.75, 3.05) is 41.8 Å². The van der Waals surface area contributed by atoms with E-state index >= 15 is 0 Å². The van der Waals surface area contributed by atoms with Crippen molar-refractivity contribution >= 4 is 60.4 Å². The molecule has 0 aliphatic carbocycles. The van der Waals surface area contributed by atoms with Gasteiger partial charge < -0.3 is 24.7 Å². The largest absolute Gasteiger partial charge is 0.459 e. The van der Waals surface area contributed by atoms with E-state index < -0.39 is 0 Å². The minimum atomic E-state index is -0.127. The van der Waals surface area contributed by atoms with Crippen molar-refractivity contribution in [2.24, 2.45) is 0 Å². The van der Waals surface area contributed by atoms with Gasteiger partial charge in [-0.05, 0) is 30.7 Å². The Morgan fingerprint density at radius 1 is 1.06 bits per heavy atom. The van der Waals surface area contributed by atoms with Gasteiger partial charge in [0.05, 0.1) is 34.7 Å². The average molecular weight is 519 g/mol. The molecule has 0 amide bonds. The molecule has 0 spiro atoms. The number of furan rings is 1. The van der Waals surface area contributed by atoms with Crippen LogP contribution in [0.4, 0.5) is 27.5 Å². The minimum absolute atomic E-state index is 0.127. The first-order valence-corrected chi connectivity index (χ1v) is 13.0. The second-order valence-electron chi connectivity index (χ2n) is 8.27. The monoisotopic (exact) mass is 518 g/mol. The van der Waals surface area contributed by atoms with Crippen molar-refractivity contribution in [3.05, 3.63) is 70.8 Å². The molecule has 36 heavy (non-hydrogen) atoms. The lowest BCUT2D eigenvalue weighted by molar-refractivity contribution is 0.123. The summed E-state index contributed by atoms with van der Waals surface area (Å²) >= 11 is 2.99. The summed E-state index contributed by atoms with van der Waals surface area (Å²) in [4.78, 5) is 28.4. The minimum Gasteiger partial charge on any atom is -0.459 e. The summed E-state index contributed by atoms with van der Waals surface area (Å²) in [5.74, 6) is 1.14. The van der Waals surface area contributed by atoms with Crippen LogP contribution in [0.3, 0.4) is 0 Å².